The van der Waals surface area contributed by atoms with Gasteiger partial charge in [0.1, 0.15) is 0 Å². The molecule has 2 atom stereocenters. The number of carbonyl (C=O) groups is 1. The van der Waals surface area contributed by atoms with E-state index in [0.717, 1.165) is 5.56 Å². The summed E-state index contributed by atoms with van der Waals surface area (Å²) < 4.78 is 1.27. The summed E-state index contributed by atoms with van der Waals surface area (Å²) in [5.41, 5.74) is 6.04. The van der Waals surface area contributed by atoms with Crippen molar-refractivity contribution in [1.29, 1.82) is 0 Å². The van der Waals surface area contributed by atoms with Crippen LogP contribution in [0.5, 0.6) is 0 Å². The van der Waals surface area contributed by atoms with Gasteiger partial charge in [-0.1, -0.05) is 23.2 Å². The van der Waals surface area contributed by atoms with Crippen molar-refractivity contribution in [3.05, 3.63) is 20.3 Å². The molecule has 1 amide bonds. The molecule has 15 heavy (non-hydrogen) atoms. The van der Waals surface area contributed by atoms with Gasteiger partial charge in [0.05, 0.1) is 14.7 Å². The van der Waals surface area contributed by atoms with Crippen molar-refractivity contribution < 1.29 is 4.79 Å². The molecule has 0 spiro atoms. The maximum atomic E-state index is 10.9. The smallest absolute Gasteiger partial charge is 0.234 e. The third kappa shape index (κ3) is 3.34. The molecule has 1 heterocycles. The van der Waals surface area contributed by atoms with Crippen LogP contribution in [0.15, 0.2) is 6.07 Å². The van der Waals surface area contributed by atoms with Crippen LogP contribution in [0.3, 0.4) is 0 Å². The lowest BCUT2D eigenvalue weighted by Crippen LogP contribution is -2.39. The van der Waals surface area contributed by atoms with Crippen LogP contribution in [-0.2, 0) is 4.79 Å². The molecule has 0 aliphatic heterocycles. The molecule has 6 heteroatoms. The second-order valence-corrected chi connectivity index (χ2v) is 5.58. The summed E-state index contributed by atoms with van der Waals surface area (Å²) in [5.74, 6) is -0.390. The number of amides is 1. The minimum atomic E-state index is -0.394. The Kier molecular flexibility index (Phi) is 4.40. The van der Waals surface area contributed by atoms with E-state index in [2.05, 4.69) is 5.32 Å². The van der Waals surface area contributed by atoms with E-state index in [-0.39, 0.29) is 11.9 Å². The van der Waals surface area contributed by atoms with Gasteiger partial charge in [0.25, 0.3) is 0 Å². The summed E-state index contributed by atoms with van der Waals surface area (Å²) in [6.45, 7) is 3.62. The first-order chi connectivity index (χ1) is 6.91. The molecule has 1 aromatic heterocycles. The fourth-order valence-electron chi connectivity index (χ4n) is 1.20. The summed E-state index contributed by atoms with van der Waals surface area (Å²) in [4.78, 5) is 10.9. The van der Waals surface area contributed by atoms with E-state index in [1.165, 1.54) is 11.3 Å². The maximum absolute atomic E-state index is 10.9. The fraction of sp³-hybridized carbons (Fsp3) is 0.444. The minimum Gasteiger partial charge on any atom is -0.368 e. The van der Waals surface area contributed by atoms with E-state index in [0.29, 0.717) is 8.67 Å². The third-order valence-electron chi connectivity index (χ3n) is 2.08. The van der Waals surface area contributed by atoms with E-state index in [9.17, 15) is 4.79 Å². The summed E-state index contributed by atoms with van der Waals surface area (Å²) in [5, 5.41) is 3.04. The molecular formula is C9H12Cl2N2OS. The van der Waals surface area contributed by atoms with Crippen molar-refractivity contribution >= 4 is 40.4 Å². The highest BCUT2D eigenvalue weighted by Crippen LogP contribution is 2.34. The monoisotopic (exact) mass is 266 g/mol. The fourth-order valence-corrected chi connectivity index (χ4v) is 2.84. The maximum Gasteiger partial charge on any atom is 0.234 e. The first kappa shape index (κ1) is 12.8. The standard InChI is InChI=1S/C9H12Cl2N2OS/c1-4(13-5(2)9(12)14)6-3-7(10)15-8(6)11/h3-5,13H,1-2H3,(H2,12,14). The number of rotatable bonds is 4. The lowest BCUT2D eigenvalue weighted by Gasteiger charge is -2.17. The molecule has 0 aliphatic carbocycles. The van der Waals surface area contributed by atoms with Crippen LogP contribution in [0.1, 0.15) is 25.5 Å². The van der Waals surface area contributed by atoms with Crippen molar-refractivity contribution in [2.45, 2.75) is 25.9 Å². The van der Waals surface area contributed by atoms with Crippen LogP contribution in [0, 0.1) is 0 Å². The molecule has 0 bridgehead atoms. The van der Waals surface area contributed by atoms with Gasteiger partial charge in [0, 0.05) is 6.04 Å². The Bertz CT molecular complexity index is 367. The molecule has 3 nitrogen and oxygen atoms in total. The Labute approximate surface area is 103 Å². The predicted octanol–water partition coefficient (Wildman–Crippen LogP) is 2.58. The number of halogens is 2. The molecule has 84 valence electrons. The number of nitrogens with one attached hydrogen (secondary N) is 1. The molecule has 1 aromatic rings. The molecule has 0 fully saturated rings. The zero-order chi connectivity index (χ0) is 11.6. The zero-order valence-corrected chi connectivity index (χ0v) is 10.7. The second kappa shape index (κ2) is 5.16. The van der Waals surface area contributed by atoms with Gasteiger partial charge in [-0.15, -0.1) is 11.3 Å². The van der Waals surface area contributed by atoms with Crippen LogP contribution in [0.4, 0.5) is 0 Å². The van der Waals surface area contributed by atoms with Crippen LogP contribution in [0.2, 0.25) is 8.67 Å². The minimum absolute atomic E-state index is 0.0521. The highest BCUT2D eigenvalue weighted by molar-refractivity contribution is 7.20. The first-order valence-corrected chi connectivity index (χ1v) is 5.99. The van der Waals surface area contributed by atoms with E-state index in [1.807, 2.05) is 6.92 Å². The number of thiophene rings is 1. The lowest BCUT2D eigenvalue weighted by molar-refractivity contribution is -0.119. The van der Waals surface area contributed by atoms with Crippen molar-refractivity contribution in [3.63, 3.8) is 0 Å². The summed E-state index contributed by atoms with van der Waals surface area (Å²) in [7, 11) is 0. The molecule has 2 unspecified atom stereocenters. The number of nitrogens with two attached hydrogens (primary N) is 1. The molecule has 3 N–H and O–H groups in total. The summed E-state index contributed by atoms with van der Waals surface area (Å²) in [6, 6.07) is 1.35. The number of hydrogen-bond acceptors (Lipinski definition) is 3. The van der Waals surface area contributed by atoms with Crippen LogP contribution in [-0.4, -0.2) is 11.9 Å². The Morgan fingerprint density at radius 2 is 2.13 bits per heavy atom. The van der Waals surface area contributed by atoms with E-state index in [4.69, 9.17) is 28.9 Å². The first-order valence-electron chi connectivity index (χ1n) is 4.42. The molecule has 0 saturated heterocycles. The Hall–Kier alpha value is -0.290. The van der Waals surface area contributed by atoms with Gasteiger partial charge in [-0.2, -0.15) is 0 Å². The quantitative estimate of drug-likeness (QED) is 0.880. The van der Waals surface area contributed by atoms with Crippen molar-refractivity contribution in [2.24, 2.45) is 5.73 Å². The Morgan fingerprint density at radius 3 is 2.53 bits per heavy atom. The predicted molar refractivity (Wildman–Crippen MR) is 64.5 cm³/mol. The van der Waals surface area contributed by atoms with Gasteiger partial charge < -0.3 is 5.73 Å². The molecular weight excluding hydrogens is 255 g/mol. The lowest BCUT2D eigenvalue weighted by atomic mass is 10.1. The number of hydrogen-bond donors (Lipinski definition) is 2. The van der Waals surface area contributed by atoms with Gasteiger partial charge in [-0.3, -0.25) is 10.1 Å². The number of primary amides is 1. The van der Waals surface area contributed by atoms with Gasteiger partial charge in [0.2, 0.25) is 5.91 Å². The largest absolute Gasteiger partial charge is 0.368 e. The van der Waals surface area contributed by atoms with E-state index >= 15 is 0 Å². The van der Waals surface area contributed by atoms with Crippen molar-refractivity contribution in [3.8, 4) is 0 Å². The van der Waals surface area contributed by atoms with Gasteiger partial charge in [-0.05, 0) is 25.5 Å². The highest BCUT2D eigenvalue weighted by atomic mass is 35.5. The summed E-state index contributed by atoms with van der Waals surface area (Å²) in [6.07, 6.45) is 0. The van der Waals surface area contributed by atoms with Crippen LogP contribution in [0.25, 0.3) is 0 Å². The SMILES string of the molecule is CC(NC(C)c1cc(Cl)sc1Cl)C(N)=O. The van der Waals surface area contributed by atoms with Crippen LogP contribution >= 0.6 is 34.5 Å². The van der Waals surface area contributed by atoms with E-state index < -0.39 is 6.04 Å². The second-order valence-electron chi connectivity index (χ2n) is 3.29. The molecule has 0 aliphatic rings. The van der Waals surface area contributed by atoms with Crippen LogP contribution < -0.4 is 11.1 Å². The van der Waals surface area contributed by atoms with E-state index in [1.54, 1.807) is 13.0 Å². The van der Waals surface area contributed by atoms with Crippen molar-refractivity contribution in [2.75, 3.05) is 0 Å². The number of carbonyl (C=O) groups excluding carboxylic acids is 1. The molecule has 1 rings (SSSR count). The van der Waals surface area contributed by atoms with Gasteiger partial charge in [0.15, 0.2) is 0 Å². The average Bonchev–Trinajstić information content (AvgIpc) is 2.44. The zero-order valence-electron chi connectivity index (χ0n) is 8.38. The molecule has 0 saturated carbocycles. The average molecular weight is 267 g/mol. The normalized spacial score (nSPS) is 14.9. The van der Waals surface area contributed by atoms with Gasteiger partial charge >= 0.3 is 0 Å². The highest BCUT2D eigenvalue weighted by Gasteiger charge is 2.17. The van der Waals surface area contributed by atoms with Crippen molar-refractivity contribution in [1.82, 2.24) is 5.32 Å². The van der Waals surface area contributed by atoms with Gasteiger partial charge in [-0.25, -0.2) is 0 Å². The molecule has 0 radical (unpaired) electrons. The molecule has 0 aromatic carbocycles. The Morgan fingerprint density at radius 1 is 1.53 bits per heavy atom. The third-order valence-corrected chi connectivity index (χ3v) is 3.59. The topological polar surface area (TPSA) is 55.1 Å². The summed E-state index contributed by atoms with van der Waals surface area (Å²) >= 11 is 13.1. The Balaban J connectivity index is 2.72.